The van der Waals surface area contributed by atoms with Crippen LogP contribution in [0.15, 0.2) is 22.7 Å². The lowest BCUT2D eigenvalue weighted by atomic mass is 9.94. The molecular weight excluding hydrogens is 305 g/mol. The van der Waals surface area contributed by atoms with Crippen molar-refractivity contribution in [3.8, 4) is 0 Å². The van der Waals surface area contributed by atoms with Gasteiger partial charge in [-0.1, -0.05) is 12.1 Å². The second kappa shape index (κ2) is 6.55. The third kappa shape index (κ3) is 3.36. The molecule has 0 aliphatic carbocycles. The van der Waals surface area contributed by atoms with Crippen LogP contribution in [0, 0.1) is 29.8 Å². The van der Waals surface area contributed by atoms with Gasteiger partial charge in [0.05, 0.1) is 22.6 Å². The van der Waals surface area contributed by atoms with Gasteiger partial charge in [0, 0.05) is 5.56 Å². The lowest BCUT2D eigenvalue weighted by Gasteiger charge is -2.15. The molecule has 122 valence electrons. The average Bonchev–Trinajstić information content (AvgIpc) is 2.82. The number of aromatic nitrogens is 1. The van der Waals surface area contributed by atoms with Crippen LogP contribution in [0.3, 0.4) is 0 Å². The summed E-state index contributed by atoms with van der Waals surface area (Å²) in [5.41, 5.74) is 0.714. The summed E-state index contributed by atoms with van der Waals surface area (Å²) in [7, 11) is 0. The largest absolute Gasteiger partial charge is 0.361 e. The maximum Gasteiger partial charge on any atom is 0.295 e. The Morgan fingerprint density at radius 3 is 2.70 bits per heavy atom. The van der Waals surface area contributed by atoms with Crippen LogP contribution in [0.4, 0.5) is 15.8 Å². The Morgan fingerprint density at radius 1 is 1.48 bits per heavy atom. The highest BCUT2D eigenvalue weighted by atomic mass is 19.1. The molecule has 7 nitrogen and oxygen atoms in total. The first-order valence-electron chi connectivity index (χ1n) is 7.02. The van der Waals surface area contributed by atoms with Gasteiger partial charge >= 0.3 is 0 Å². The van der Waals surface area contributed by atoms with Crippen molar-refractivity contribution in [3.63, 3.8) is 0 Å². The van der Waals surface area contributed by atoms with E-state index in [-0.39, 0.29) is 5.69 Å². The van der Waals surface area contributed by atoms with Crippen molar-refractivity contribution in [2.24, 2.45) is 0 Å². The smallest absolute Gasteiger partial charge is 0.295 e. The molecule has 1 aromatic heterocycles. The quantitative estimate of drug-likeness (QED) is 0.671. The fourth-order valence-corrected chi connectivity index (χ4v) is 2.49. The Balaban J connectivity index is 2.33. The van der Waals surface area contributed by atoms with E-state index in [0.717, 1.165) is 12.1 Å². The molecule has 1 atom stereocenters. The van der Waals surface area contributed by atoms with E-state index < -0.39 is 28.3 Å². The van der Waals surface area contributed by atoms with Crippen molar-refractivity contribution in [3.05, 3.63) is 51.1 Å². The zero-order valence-electron chi connectivity index (χ0n) is 12.9. The topological polar surface area (TPSA) is 98.3 Å². The molecule has 0 radical (unpaired) electrons. The number of halogens is 1. The first kappa shape index (κ1) is 16.6. The Hall–Kier alpha value is -2.77. The molecule has 0 unspecified atom stereocenters. The minimum Gasteiger partial charge on any atom is -0.361 e. The number of rotatable bonds is 5. The number of anilines is 1. The van der Waals surface area contributed by atoms with Crippen molar-refractivity contribution in [1.29, 1.82) is 0 Å². The summed E-state index contributed by atoms with van der Waals surface area (Å²) in [5.74, 6) is -1.21. The van der Waals surface area contributed by atoms with Crippen LogP contribution in [-0.4, -0.2) is 16.0 Å². The molecule has 0 aliphatic rings. The Morgan fingerprint density at radius 2 is 2.17 bits per heavy atom. The van der Waals surface area contributed by atoms with E-state index in [2.05, 4.69) is 10.5 Å². The first-order chi connectivity index (χ1) is 10.8. The molecule has 0 aliphatic heterocycles. The van der Waals surface area contributed by atoms with E-state index in [1.54, 1.807) is 13.8 Å². The average molecular weight is 321 g/mol. The molecule has 8 heteroatoms. The summed E-state index contributed by atoms with van der Waals surface area (Å²) in [6.45, 7) is 5.24. The normalized spacial score (nSPS) is 12.0. The monoisotopic (exact) mass is 321 g/mol. The zero-order chi connectivity index (χ0) is 17.1. The number of benzene rings is 1. The van der Waals surface area contributed by atoms with E-state index in [9.17, 15) is 19.3 Å². The number of amides is 1. The molecular formula is C15H16FN3O4. The van der Waals surface area contributed by atoms with Gasteiger partial charge in [-0.3, -0.25) is 14.9 Å². The highest BCUT2D eigenvalue weighted by molar-refractivity contribution is 5.97. The van der Waals surface area contributed by atoms with Gasteiger partial charge in [0.1, 0.15) is 17.3 Å². The van der Waals surface area contributed by atoms with Crippen LogP contribution in [0.25, 0.3) is 0 Å². The predicted molar refractivity (Wildman–Crippen MR) is 80.7 cm³/mol. The van der Waals surface area contributed by atoms with Crippen LogP contribution >= 0.6 is 0 Å². The number of nitrogens with zero attached hydrogens (tertiary/aromatic N) is 2. The minimum absolute atomic E-state index is 0.0494. The molecule has 0 bridgehead atoms. The molecule has 0 fully saturated rings. The van der Waals surface area contributed by atoms with Gasteiger partial charge in [-0.25, -0.2) is 4.39 Å². The highest BCUT2D eigenvalue weighted by Gasteiger charge is 2.27. The summed E-state index contributed by atoms with van der Waals surface area (Å²) < 4.78 is 18.2. The summed E-state index contributed by atoms with van der Waals surface area (Å²) in [6, 6.07) is 3.00. The fraction of sp³-hybridized carbons (Fsp3) is 0.333. The lowest BCUT2D eigenvalue weighted by Crippen LogP contribution is -2.22. The minimum atomic E-state index is -0.743. The van der Waals surface area contributed by atoms with Gasteiger partial charge in [0.15, 0.2) is 0 Å². The third-order valence-electron chi connectivity index (χ3n) is 3.58. The fourth-order valence-electron chi connectivity index (χ4n) is 2.49. The predicted octanol–water partition coefficient (Wildman–Crippen LogP) is 3.47. The van der Waals surface area contributed by atoms with Gasteiger partial charge < -0.3 is 9.84 Å². The van der Waals surface area contributed by atoms with Crippen molar-refractivity contribution >= 4 is 17.3 Å². The van der Waals surface area contributed by atoms with Crippen LogP contribution in [-0.2, 0) is 4.79 Å². The first-order valence-corrected chi connectivity index (χ1v) is 7.02. The Labute approximate surface area is 131 Å². The number of nitro groups is 1. The maximum atomic E-state index is 13.2. The molecule has 0 saturated carbocycles. The molecule has 1 heterocycles. The maximum absolute atomic E-state index is 13.2. The van der Waals surface area contributed by atoms with E-state index in [1.807, 2.05) is 6.92 Å². The van der Waals surface area contributed by atoms with Crippen molar-refractivity contribution in [1.82, 2.24) is 5.16 Å². The van der Waals surface area contributed by atoms with Crippen LogP contribution < -0.4 is 5.32 Å². The standard InChI is InChI=1S/C15H16FN3O4/c1-4-11(14-8(2)18-23-9(14)3)15(20)17-12-6-5-10(16)7-13(12)19(21)22/h5-7,11H,4H2,1-3H3,(H,17,20)/t11-/m1/s1. The number of nitro benzene ring substituents is 1. The molecule has 0 spiro atoms. The molecule has 23 heavy (non-hydrogen) atoms. The summed E-state index contributed by atoms with van der Waals surface area (Å²) >= 11 is 0. The summed E-state index contributed by atoms with van der Waals surface area (Å²) in [5, 5.41) is 17.3. The summed E-state index contributed by atoms with van der Waals surface area (Å²) in [6.07, 6.45) is 0.462. The van der Waals surface area contributed by atoms with Gasteiger partial charge in [-0.2, -0.15) is 0 Å². The molecule has 0 saturated heterocycles. The molecule has 2 rings (SSSR count). The van der Waals surface area contributed by atoms with Crippen molar-refractivity contribution < 1.29 is 18.6 Å². The van der Waals surface area contributed by atoms with Crippen LogP contribution in [0.5, 0.6) is 0 Å². The van der Waals surface area contributed by atoms with E-state index in [4.69, 9.17) is 4.52 Å². The Bertz CT molecular complexity index is 738. The number of carbonyl (C=O) groups excluding carboxylic acids is 1. The molecule has 1 N–H and O–H groups in total. The zero-order valence-corrected chi connectivity index (χ0v) is 12.9. The van der Waals surface area contributed by atoms with Gasteiger partial charge in [0.25, 0.3) is 5.69 Å². The lowest BCUT2D eigenvalue weighted by molar-refractivity contribution is -0.384. The summed E-state index contributed by atoms with van der Waals surface area (Å²) in [4.78, 5) is 22.8. The Kier molecular flexibility index (Phi) is 4.73. The van der Waals surface area contributed by atoms with Gasteiger partial charge in [0.2, 0.25) is 5.91 Å². The third-order valence-corrected chi connectivity index (χ3v) is 3.58. The second-order valence-corrected chi connectivity index (χ2v) is 5.11. The number of carbonyl (C=O) groups is 1. The van der Waals surface area contributed by atoms with E-state index in [1.165, 1.54) is 6.07 Å². The molecule has 1 aromatic carbocycles. The van der Waals surface area contributed by atoms with Crippen LogP contribution in [0.2, 0.25) is 0 Å². The number of aryl methyl sites for hydroxylation is 2. The number of hydrogen-bond acceptors (Lipinski definition) is 5. The number of nitrogens with one attached hydrogen (secondary N) is 1. The molecule has 2 aromatic rings. The van der Waals surface area contributed by atoms with E-state index in [0.29, 0.717) is 23.4 Å². The van der Waals surface area contributed by atoms with Crippen molar-refractivity contribution in [2.45, 2.75) is 33.1 Å². The van der Waals surface area contributed by atoms with Gasteiger partial charge in [-0.05, 0) is 32.4 Å². The van der Waals surface area contributed by atoms with Crippen molar-refractivity contribution in [2.75, 3.05) is 5.32 Å². The second-order valence-electron chi connectivity index (χ2n) is 5.11. The molecule has 1 amide bonds. The van der Waals surface area contributed by atoms with Crippen LogP contribution in [0.1, 0.15) is 36.3 Å². The number of hydrogen-bond donors (Lipinski definition) is 1. The highest BCUT2D eigenvalue weighted by Crippen LogP contribution is 2.30. The SMILES string of the molecule is CC[C@@H](C(=O)Nc1ccc(F)cc1[N+](=O)[O-])c1c(C)noc1C. The van der Waals surface area contributed by atoms with E-state index >= 15 is 0 Å². The van der Waals surface area contributed by atoms with Gasteiger partial charge in [-0.15, -0.1) is 0 Å².